The molecule has 0 amide bonds. The zero-order valence-corrected chi connectivity index (χ0v) is 10.2. The van der Waals surface area contributed by atoms with Crippen molar-refractivity contribution in [2.75, 3.05) is 0 Å². The Morgan fingerprint density at radius 3 is 1.77 bits per heavy atom. The third-order valence-corrected chi connectivity index (χ3v) is 3.41. The fraction of sp³-hybridized carbons (Fsp3) is 0.909. The van der Waals surface area contributed by atoms with E-state index in [9.17, 15) is 4.79 Å². The van der Waals surface area contributed by atoms with Gasteiger partial charge in [-0.05, 0) is 13.3 Å². The summed E-state index contributed by atoms with van der Waals surface area (Å²) in [7, 11) is 0. The van der Waals surface area contributed by atoms with E-state index in [4.69, 9.17) is 0 Å². The zero-order chi connectivity index (χ0) is 10.9. The number of rotatable bonds is 4. The van der Waals surface area contributed by atoms with Crippen LogP contribution in [-0.2, 0) is 4.79 Å². The molecule has 0 aliphatic carbocycles. The summed E-state index contributed by atoms with van der Waals surface area (Å²) in [5, 5.41) is 0.245. The molecule has 76 valence electrons. The SMILES string of the molecule is CB(C)C(C)(C)CC(C)(C)C(C)=O. The van der Waals surface area contributed by atoms with Crippen LogP contribution in [-0.4, -0.2) is 12.5 Å². The normalized spacial score (nSPS) is 12.8. The predicted octanol–water partition coefficient (Wildman–Crippen LogP) is 3.53. The summed E-state index contributed by atoms with van der Waals surface area (Å²) in [4.78, 5) is 11.4. The lowest BCUT2D eigenvalue weighted by Crippen LogP contribution is -2.31. The first kappa shape index (κ1) is 12.7. The lowest BCUT2D eigenvalue weighted by atomic mass is 9.35. The summed E-state index contributed by atoms with van der Waals surface area (Å²) in [6.07, 6.45) is 0.965. The monoisotopic (exact) mass is 182 g/mol. The largest absolute Gasteiger partial charge is 0.299 e. The Bertz CT molecular complexity index is 192. The van der Waals surface area contributed by atoms with Crippen LogP contribution in [0.1, 0.15) is 41.0 Å². The molecular weight excluding hydrogens is 159 g/mol. The first-order chi connectivity index (χ1) is 5.59. The van der Waals surface area contributed by atoms with Gasteiger partial charge in [0.15, 0.2) is 0 Å². The lowest BCUT2D eigenvalue weighted by Gasteiger charge is -2.35. The van der Waals surface area contributed by atoms with E-state index in [1.807, 2.05) is 13.8 Å². The second-order valence-corrected chi connectivity index (χ2v) is 5.76. The van der Waals surface area contributed by atoms with Crippen LogP contribution in [0.4, 0.5) is 0 Å². The quantitative estimate of drug-likeness (QED) is 0.608. The van der Waals surface area contributed by atoms with E-state index in [0.717, 1.165) is 6.42 Å². The van der Waals surface area contributed by atoms with Crippen molar-refractivity contribution in [2.24, 2.45) is 5.41 Å². The van der Waals surface area contributed by atoms with E-state index < -0.39 is 0 Å². The summed E-state index contributed by atoms with van der Waals surface area (Å²) in [5.41, 5.74) is -0.173. The van der Waals surface area contributed by atoms with Crippen molar-refractivity contribution >= 4 is 12.5 Å². The number of ketones is 1. The maximum Gasteiger partial charge on any atom is 0.139 e. The van der Waals surface area contributed by atoms with E-state index >= 15 is 0 Å². The Hall–Kier alpha value is -0.265. The Labute approximate surface area is 83.4 Å². The summed E-state index contributed by atoms with van der Waals surface area (Å²) in [6, 6.07) is 0. The van der Waals surface area contributed by atoms with Crippen molar-refractivity contribution in [3.63, 3.8) is 0 Å². The van der Waals surface area contributed by atoms with Crippen molar-refractivity contribution in [1.82, 2.24) is 0 Å². The van der Waals surface area contributed by atoms with Gasteiger partial charge in [0.25, 0.3) is 0 Å². The number of hydrogen-bond acceptors (Lipinski definition) is 1. The molecule has 13 heavy (non-hydrogen) atoms. The molecule has 0 saturated carbocycles. The van der Waals surface area contributed by atoms with Gasteiger partial charge < -0.3 is 0 Å². The lowest BCUT2D eigenvalue weighted by molar-refractivity contribution is -0.125. The third kappa shape index (κ3) is 3.54. The minimum Gasteiger partial charge on any atom is -0.299 e. The second kappa shape index (κ2) is 3.85. The predicted molar refractivity (Wildman–Crippen MR) is 60.6 cm³/mol. The molecular formula is C11H23BO. The third-order valence-electron chi connectivity index (χ3n) is 3.41. The Kier molecular flexibility index (Phi) is 3.77. The molecule has 1 nitrogen and oxygen atoms in total. The molecule has 0 aliphatic rings. The molecule has 0 heterocycles. The minimum absolute atomic E-state index is 0.173. The maximum absolute atomic E-state index is 11.4. The fourth-order valence-corrected chi connectivity index (χ4v) is 1.47. The highest BCUT2D eigenvalue weighted by Crippen LogP contribution is 2.41. The van der Waals surface area contributed by atoms with Crippen molar-refractivity contribution in [3.8, 4) is 0 Å². The van der Waals surface area contributed by atoms with Crippen molar-refractivity contribution in [2.45, 2.75) is 60.0 Å². The summed E-state index contributed by atoms with van der Waals surface area (Å²) < 4.78 is 0. The molecule has 0 aliphatic heterocycles. The summed E-state index contributed by atoms with van der Waals surface area (Å²) >= 11 is 0. The molecule has 0 spiro atoms. The fourth-order valence-electron chi connectivity index (χ4n) is 1.47. The summed E-state index contributed by atoms with van der Waals surface area (Å²) in [5.74, 6) is 0.293. The van der Waals surface area contributed by atoms with Gasteiger partial charge in [-0.15, -0.1) is 0 Å². The molecule has 0 bridgehead atoms. The standard InChI is InChI=1S/C11H23BO/c1-9(13)10(2,3)8-11(4,5)12(6)7/h8H2,1-7H3. The molecule has 0 atom stereocenters. The molecule has 0 aromatic heterocycles. The Balaban J connectivity index is 4.52. The first-order valence-electron chi connectivity index (χ1n) is 5.10. The van der Waals surface area contributed by atoms with Crippen molar-refractivity contribution < 1.29 is 4.79 Å². The molecule has 0 radical (unpaired) electrons. The highest BCUT2D eigenvalue weighted by atomic mass is 16.1. The van der Waals surface area contributed by atoms with Gasteiger partial charge in [-0.1, -0.05) is 46.7 Å². The molecule has 0 unspecified atom stereocenters. The average molecular weight is 182 g/mol. The molecule has 0 rings (SSSR count). The van der Waals surface area contributed by atoms with E-state index in [0.29, 0.717) is 12.5 Å². The molecule has 0 aromatic rings. The molecule has 0 aromatic carbocycles. The van der Waals surface area contributed by atoms with Crippen molar-refractivity contribution in [3.05, 3.63) is 0 Å². The second-order valence-electron chi connectivity index (χ2n) is 5.76. The van der Waals surface area contributed by atoms with E-state index in [-0.39, 0.29) is 10.7 Å². The van der Waals surface area contributed by atoms with Crippen LogP contribution >= 0.6 is 0 Å². The average Bonchev–Trinajstić information content (AvgIpc) is 1.83. The van der Waals surface area contributed by atoms with Gasteiger partial charge >= 0.3 is 0 Å². The molecule has 0 saturated heterocycles. The maximum atomic E-state index is 11.4. The number of Topliss-reactive ketones (excluding diaryl/α,β-unsaturated/α-hetero) is 1. The minimum atomic E-state index is -0.173. The van der Waals surface area contributed by atoms with Gasteiger partial charge in [0.05, 0.1) is 0 Å². The number of carbonyl (C=O) groups excluding carboxylic acids is 1. The van der Waals surface area contributed by atoms with Crippen LogP contribution in [0.5, 0.6) is 0 Å². The van der Waals surface area contributed by atoms with Crippen molar-refractivity contribution in [1.29, 1.82) is 0 Å². The van der Waals surface area contributed by atoms with Crippen LogP contribution in [0.2, 0.25) is 19.0 Å². The first-order valence-corrected chi connectivity index (χ1v) is 5.10. The highest BCUT2D eigenvalue weighted by molar-refractivity contribution is 6.59. The molecule has 0 N–H and O–H groups in total. The highest BCUT2D eigenvalue weighted by Gasteiger charge is 2.34. The van der Waals surface area contributed by atoms with Gasteiger partial charge in [0.2, 0.25) is 0 Å². The van der Waals surface area contributed by atoms with Gasteiger partial charge in [0, 0.05) is 5.41 Å². The molecule has 2 heteroatoms. The topological polar surface area (TPSA) is 17.1 Å². The Morgan fingerprint density at radius 2 is 1.54 bits per heavy atom. The zero-order valence-electron chi connectivity index (χ0n) is 10.2. The molecule has 0 fully saturated rings. The van der Waals surface area contributed by atoms with E-state index in [1.165, 1.54) is 0 Å². The van der Waals surface area contributed by atoms with Gasteiger partial charge in [-0.2, -0.15) is 0 Å². The van der Waals surface area contributed by atoms with E-state index in [2.05, 4.69) is 27.5 Å². The summed E-state index contributed by atoms with van der Waals surface area (Å²) in [6.45, 7) is 15.3. The van der Waals surface area contributed by atoms with Gasteiger partial charge in [0.1, 0.15) is 12.5 Å². The van der Waals surface area contributed by atoms with Crippen LogP contribution in [0.25, 0.3) is 0 Å². The number of hydrogen-bond donors (Lipinski definition) is 0. The number of carbonyl (C=O) groups is 1. The smallest absolute Gasteiger partial charge is 0.139 e. The van der Waals surface area contributed by atoms with Gasteiger partial charge in [-0.25, -0.2) is 0 Å². The van der Waals surface area contributed by atoms with Crippen LogP contribution in [0.15, 0.2) is 0 Å². The Morgan fingerprint density at radius 1 is 1.15 bits per heavy atom. The van der Waals surface area contributed by atoms with Crippen LogP contribution in [0.3, 0.4) is 0 Å². The van der Waals surface area contributed by atoms with Crippen LogP contribution < -0.4 is 0 Å². The van der Waals surface area contributed by atoms with Gasteiger partial charge in [-0.3, -0.25) is 4.79 Å². The van der Waals surface area contributed by atoms with Crippen LogP contribution in [0, 0.1) is 5.41 Å². The van der Waals surface area contributed by atoms with E-state index in [1.54, 1.807) is 6.92 Å².